The summed E-state index contributed by atoms with van der Waals surface area (Å²) in [5.74, 6) is -0.528. The number of ether oxygens (including phenoxy) is 1. The Bertz CT molecular complexity index is 2020. The molecule has 0 saturated carbocycles. The van der Waals surface area contributed by atoms with E-state index >= 15 is 4.39 Å². The van der Waals surface area contributed by atoms with E-state index < -0.39 is 40.0 Å². The van der Waals surface area contributed by atoms with E-state index in [2.05, 4.69) is 15.0 Å². The second-order valence-corrected chi connectivity index (χ2v) is 13.1. The third-order valence-electron chi connectivity index (χ3n) is 7.97. The zero-order valence-electron chi connectivity index (χ0n) is 23.4. The highest BCUT2D eigenvalue weighted by Gasteiger charge is 2.45. The molecule has 2 aromatic carbocycles. The van der Waals surface area contributed by atoms with E-state index in [0.29, 0.717) is 28.8 Å². The topological polar surface area (TPSA) is 123 Å². The number of nitrogens with zero attached hydrogens (tertiary/aromatic N) is 6. The minimum absolute atomic E-state index is 0.0379. The van der Waals surface area contributed by atoms with Gasteiger partial charge >= 0.3 is 6.61 Å². The average Bonchev–Trinajstić information content (AvgIpc) is 3.44. The number of alkyl halides is 2. The molecule has 3 aromatic heterocycles. The summed E-state index contributed by atoms with van der Waals surface area (Å²) in [5, 5.41) is 10.2. The van der Waals surface area contributed by atoms with Gasteiger partial charge in [0, 0.05) is 60.0 Å². The Kier molecular flexibility index (Phi) is 6.41. The highest BCUT2D eigenvalue weighted by atomic mass is 32.2. The molecule has 0 amide bonds. The van der Waals surface area contributed by atoms with Crippen molar-refractivity contribution in [2.75, 3.05) is 10.8 Å². The van der Waals surface area contributed by atoms with Gasteiger partial charge in [-0.15, -0.1) is 0 Å². The van der Waals surface area contributed by atoms with Crippen molar-refractivity contribution in [2.24, 2.45) is 0 Å². The largest absolute Gasteiger partial charge is 0.434 e. The predicted molar refractivity (Wildman–Crippen MR) is 153 cm³/mol. The molecule has 0 fully saturated rings. The molecule has 5 heterocycles. The number of pyridine rings is 1. The molecular weight excluding hydrogens is 597 g/mol. The zero-order valence-corrected chi connectivity index (χ0v) is 24.2. The van der Waals surface area contributed by atoms with Gasteiger partial charge in [0.15, 0.2) is 5.82 Å². The Morgan fingerprint density at radius 1 is 1.09 bits per heavy atom. The molecule has 0 spiro atoms. The zero-order chi connectivity index (χ0) is 31.0. The number of benzene rings is 2. The number of aliphatic hydroxyl groups is 1. The lowest BCUT2D eigenvalue weighted by atomic mass is 9.98. The molecule has 2 aliphatic rings. The Labute approximate surface area is 249 Å². The quantitative estimate of drug-likeness (QED) is 0.276. The molecule has 0 aliphatic carbocycles. The summed E-state index contributed by atoms with van der Waals surface area (Å²) in [6, 6.07) is 9.56. The lowest BCUT2D eigenvalue weighted by Gasteiger charge is -2.29. The number of rotatable bonds is 6. The monoisotopic (exact) mass is 622 g/mol. The maximum absolute atomic E-state index is 15.5. The van der Waals surface area contributed by atoms with E-state index in [1.807, 2.05) is 4.57 Å². The van der Waals surface area contributed by atoms with Crippen LogP contribution < -0.4 is 9.04 Å². The van der Waals surface area contributed by atoms with Crippen LogP contribution in [0.15, 0.2) is 72.1 Å². The van der Waals surface area contributed by atoms with E-state index in [9.17, 15) is 22.3 Å². The second-order valence-electron chi connectivity index (χ2n) is 11.3. The van der Waals surface area contributed by atoms with Crippen molar-refractivity contribution in [2.45, 2.75) is 49.3 Å². The van der Waals surface area contributed by atoms with Crippen LogP contribution in [0.25, 0.3) is 22.2 Å². The fourth-order valence-corrected chi connectivity index (χ4v) is 7.57. The van der Waals surface area contributed by atoms with Gasteiger partial charge in [0.2, 0.25) is 0 Å². The molecule has 2 atom stereocenters. The summed E-state index contributed by atoms with van der Waals surface area (Å²) < 4.78 is 78.6. The Hall–Kier alpha value is -4.56. The molecule has 7 rings (SSSR count). The van der Waals surface area contributed by atoms with Crippen LogP contribution in [0.1, 0.15) is 49.4 Å². The van der Waals surface area contributed by atoms with E-state index in [0.717, 1.165) is 0 Å². The number of aromatic nitrogens is 5. The van der Waals surface area contributed by atoms with Crippen molar-refractivity contribution in [3.63, 3.8) is 0 Å². The molecule has 0 radical (unpaired) electrons. The molecule has 5 aromatic rings. The summed E-state index contributed by atoms with van der Waals surface area (Å²) >= 11 is 0. The van der Waals surface area contributed by atoms with Gasteiger partial charge in [0.25, 0.3) is 10.0 Å². The standard InChI is InChI=1S/C30H25F3N6O4S/c1-30(2,40)28-35-12-17(13-36-28)19-10-23-21(11-20(19)31)37-27-16-9-24(39(23)27)26-22(6-3-7-25(26)43-29(32)33)38(15-16)44(41,42)18-5-4-8-34-14-18/h3-8,10-14,16,24,29,40H,9,15H2,1-2H3/t16-,24+/m0/s1. The second kappa shape index (κ2) is 9.99. The molecular formula is C30H25F3N6O4S. The minimum Gasteiger partial charge on any atom is -0.434 e. The molecule has 2 aliphatic heterocycles. The maximum Gasteiger partial charge on any atom is 0.387 e. The van der Waals surface area contributed by atoms with Gasteiger partial charge < -0.3 is 14.4 Å². The Morgan fingerprint density at radius 3 is 2.55 bits per heavy atom. The summed E-state index contributed by atoms with van der Waals surface area (Å²) in [6.45, 7) is -0.115. The summed E-state index contributed by atoms with van der Waals surface area (Å²) in [4.78, 5) is 17.0. The third kappa shape index (κ3) is 4.47. The summed E-state index contributed by atoms with van der Waals surface area (Å²) in [7, 11) is -4.16. The number of sulfonamides is 1. The Morgan fingerprint density at radius 2 is 1.86 bits per heavy atom. The van der Waals surface area contributed by atoms with Gasteiger partial charge in [-0.1, -0.05) is 6.07 Å². The van der Waals surface area contributed by atoms with Gasteiger partial charge in [-0.25, -0.2) is 27.8 Å². The number of anilines is 1. The van der Waals surface area contributed by atoms with Crippen LogP contribution in [0.3, 0.4) is 0 Å². The van der Waals surface area contributed by atoms with Crippen LogP contribution >= 0.6 is 0 Å². The lowest BCUT2D eigenvalue weighted by Crippen LogP contribution is -2.35. The first-order chi connectivity index (χ1) is 20.9. The molecule has 10 nitrogen and oxygen atoms in total. The first-order valence-corrected chi connectivity index (χ1v) is 15.1. The van der Waals surface area contributed by atoms with Gasteiger partial charge in [0.05, 0.1) is 22.8 Å². The molecule has 14 heteroatoms. The van der Waals surface area contributed by atoms with Crippen molar-refractivity contribution >= 4 is 26.7 Å². The van der Waals surface area contributed by atoms with E-state index in [4.69, 9.17) is 9.72 Å². The maximum atomic E-state index is 15.5. The van der Waals surface area contributed by atoms with Crippen molar-refractivity contribution in [3.8, 4) is 16.9 Å². The number of hydrogen-bond acceptors (Lipinski definition) is 8. The molecule has 1 N–H and O–H groups in total. The number of imidazole rings is 1. The van der Waals surface area contributed by atoms with Crippen molar-refractivity contribution < 1.29 is 31.4 Å². The third-order valence-corrected chi connectivity index (χ3v) is 9.73. The smallest absolute Gasteiger partial charge is 0.387 e. The van der Waals surface area contributed by atoms with Gasteiger partial charge in [-0.05, 0) is 50.6 Å². The van der Waals surface area contributed by atoms with Gasteiger partial charge in [0.1, 0.15) is 27.9 Å². The number of halogens is 3. The normalized spacial score (nSPS) is 17.9. The van der Waals surface area contributed by atoms with Crippen LogP contribution in [-0.4, -0.2) is 51.2 Å². The summed E-state index contributed by atoms with van der Waals surface area (Å²) in [5.41, 5.74) is 0.558. The lowest BCUT2D eigenvalue weighted by molar-refractivity contribution is -0.0506. The molecule has 0 saturated heterocycles. The van der Waals surface area contributed by atoms with Crippen LogP contribution in [0.5, 0.6) is 5.75 Å². The number of fused-ring (bicyclic) bond motifs is 9. The highest BCUT2D eigenvalue weighted by Crippen LogP contribution is 2.52. The van der Waals surface area contributed by atoms with Crippen molar-refractivity contribution in [1.82, 2.24) is 24.5 Å². The molecule has 2 bridgehead atoms. The van der Waals surface area contributed by atoms with Crippen molar-refractivity contribution in [3.05, 3.63) is 90.3 Å². The van der Waals surface area contributed by atoms with Crippen molar-refractivity contribution in [1.29, 1.82) is 0 Å². The van der Waals surface area contributed by atoms with Crippen LogP contribution in [0, 0.1) is 5.82 Å². The van der Waals surface area contributed by atoms with Gasteiger partial charge in [-0.2, -0.15) is 8.78 Å². The summed E-state index contributed by atoms with van der Waals surface area (Å²) in [6.07, 6.45) is 5.87. The first kappa shape index (κ1) is 28.2. The fraction of sp³-hybridized carbons (Fsp3) is 0.267. The SMILES string of the molecule is CC(C)(O)c1ncc(-c2cc3c(cc2F)nc2n3[C@@H]3C[C@H]2CN(S(=O)(=O)c2cccnc2)c2cccc(OC(F)F)c23)cn1. The minimum atomic E-state index is -4.16. The Balaban J connectivity index is 1.42. The first-order valence-electron chi connectivity index (χ1n) is 13.7. The fourth-order valence-electron chi connectivity index (χ4n) is 6.07. The number of hydrogen-bond donors (Lipinski definition) is 1. The highest BCUT2D eigenvalue weighted by molar-refractivity contribution is 7.92. The van der Waals surface area contributed by atoms with Crippen LogP contribution in [-0.2, 0) is 15.6 Å². The average molecular weight is 623 g/mol. The molecule has 226 valence electrons. The van der Waals surface area contributed by atoms with Crippen LogP contribution in [0.2, 0.25) is 0 Å². The van der Waals surface area contributed by atoms with Crippen LogP contribution in [0.4, 0.5) is 18.9 Å². The van der Waals surface area contributed by atoms with E-state index in [1.54, 1.807) is 12.1 Å². The molecule has 44 heavy (non-hydrogen) atoms. The predicted octanol–water partition coefficient (Wildman–Crippen LogP) is 5.14. The van der Waals surface area contributed by atoms with E-state index in [-0.39, 0.29) is 39.8 Å². The van der Waals surface area contributed by atoms with E-state index in [1.165, 1.54) is 73.3 Å². The van der Waals surface area contributed by atoms with Gasteiger partial charge in [-0.3, -0.25) is 9.29 Å². The molecule has 0 unspecified atom stereocenters.